The fourth-order valence-electron chi connectivity index (χ4n) is 1.87. The smallest absolute Gasteiger partial charge is 0.224 e. The van der Waals surface area contributed by atoms with Crippen molar-refractivity contribution < 1.29 is 9.53 Å². The van der Waals surface area contributed by atoms with Crippen molar-refractivity contribution in [3.63, 3.8) is 0 Å². The maximum Gasteiger partial charge on any atom is 0.224 e. The minimum absolute atomic E-state index is 0.0702. The molecule has 0 radical (unpaired) electrons. The monoisotopic (exact) mass is 295 g/mol. The molecule has 3 N–H and O–H groups in total. The molecule has 0 fully saturated rings. The summed E-state index contributed by atoms with van der Waals surface area (Å²) < 4.78 is 5.52. The molecule has 1 amide bonds. The normalized spacial score (nSPS) is 9.77. The second-order valence-corrected chi connectivity index (χ2v) is 4.76. The summed E-state index contributed by atoms with van der Waals surface area (Å²) in [5.74, 6) is 0.567. The minimum atomic E-state index is -0.0702. The highest BCUT2D eigenvalue weighted by Crippen LogP contribution is 2.13. The number of anilines is 2. The second-order valence-electron chi connectivity index (χ2n) is 4.76. The highest BCUT2D eigenvalue weighted by molar-refractivity contribution is 5.90. The first-order chi connectivity index (χ1) is 10.7. The topological polar surface area (TPSA) is 88.1 Å². The number of benzene rings is 2. The van der Waals surface area contributed by atoms with Crippen molar-refractivity contribution in [2.45, 2.75) is 12.8 Å². The minimum Gasteiger partial charge on any atom is -0.494 e. The summed E-state index contributed by atoms with van der Waals surface area (Å²) in [6.45, 7) is 0.421. The van der Waals surface area contributed by atoms with E-state index in [2.05, 4.69) is 11.4 Å². The summed E-state index contributed by atoms with van der Waals surface area (Å²) in [7, 11) is 0. The van der Waals surface area contributed by atoms with Gasteiger partial charge in [0.1, 0.15) is 5.75 Å². The summed E-state index contributed by atoms with van der Waals surface area (Å²) >= 11 is 0. The Kier molecular flexibility index (Phi) is 5.38. The molecule has 2 aromatic carbocycles. The van der Waals surface area contributed by atoms with Gasteiger partial charge < -0.3 is 15.8 Å². The SMILES string of the molecule is N#Cc1cccc(OCCCC(=O)Nc2ccc(N)cc2)c1. The lowest BCUT2D eigenvalue weighted by Crippen LogP contribution is -2.12. The molecule has 0 heterocycles. The summed E-state index contributed by atoms with van der Waals surface area (Å²) in [4.78, 5) is 11.8. The van der Waals surface area contributed by atoms with E-state index in [1.165, 1.54) is 0 Å². The Bertz CT molecular complexity index is 675. The van der Waals surface area contributed by atoms with E-state index in [4.69, 9.17) is 15.7 Å². The fraction of sp³-hybridized carbons (Fsp3) is 0.176. The van der Waals surface area contributed by atoms with Gasteiger partial charge in [-0.3, -0.25) is 4.79 Å². The third kappa shape index (κ3) is 4.84. The van der Waals surface area contributed by atoms with Crippen LogP contribution in [0.2, 0.25) is 0 Å². The van der Waals surface area contributed by atoms with Crippen molar-refractivity contribution in [3.8, 4) is 11.8 Å². The molecule has 5 heteroatoms. The van der Waals surface area contributed by atoms with Crippen molar-refractivity contribution in [3.05, 3.63) is 54.1 Å². The van der Waals surface area contributed by atoms with E-state index in [0.29, 0.717) is 36.4 Å². The van der Waals surface area contributed by atoms with Crippen molar-refractivity contribution in [1.82, 2.24) is 0 Å². The number of hydrogen-bond donors (Lipinski definition) is 2. The average molecular weight is 295 g/mol. The highest BCUT2D eigenvalue weighted by atomic mass is 16.5. The molecule has 0 aliphatic carbocycles. The van der Waals surface area contributed by atoms with E-state index in [1.54, 1.807) is 48.5 Å². The van der Waals surface area contributed by atoms with E-state index in [1.807, 2.05) is 0 Å². The van der Waals surface area contributed by atoms with Gasteiger partial charge in [-0.15, -0.1) is 0 Å². The van der Waals surface area contributed by atoms with Gasteiger partial charge in [-0.25, -0.2) is 0 Å². The largest absolute Gasteiger partial charge is 0.494 e. The Morgan fingerprint density at radius 2 is 2.00 bits per heavy atom. The lowest BCUT2D eigenvalue weighted by atomic mass is 10.2. The number of carbonyl (C=O) groups is 1. The van der Waals surface area contributed by atoms with Crippen LogP contribution in [0.3, 0.4) is 0 Å². The van der Waals surface area contributed by atoms with E-state index >= 15 is 0 Å². The Morgan fingerprint density at radius 3 is 2.73 bits per heavy atom. The summed E-state index contributed by atoms with van der Waals surface area (Å²) in [5.41, 5.74) is 7.52. The van der Waals surface area contributed by atoms with Gasteiger partial charge in [-0.1, -0.05) is 6.07 Å². The third-order valence-electron chi connectivity index (χ3n) is 2.97. The van der Waals surface area contributed by atoms with Crippen LogP contribution in [0.5, 0.6) is 5.75 Å². The van der Waals surface area contributed by atoms with Crippen LogP contribution >= 0.6 is 0 Å². The van der Waals surface area contributed by atoms with Crippen LogP contribution in [0.15, 0.2) is 48.5 Å². The number of nitrogens with zero attached hydrogens (tertiary/aromatic N) is 1. The molecular weight excluding hydrogens is 278 g/mol. The predicted octanol–water partition coefficient (Wildman–Crippen LogP) is 2.94. The molecule has 112 valence electrons. The van der Waals surface area contributed by atoms with Crippen LogP contribution in [0, 0.1) is 11.3 Å². The second kappa shape index (κ2) is 7.70. The Hall–Kier alpha value is -3.00. The quantitative estimate of drug-likeness (QED) is 0.633. The number of hydrogen-bond acceptors (Lipinski definition) is 4. The molecule has 0 aliphatic rings. The molecular formula is C17H17N3O2. The molecule has 0 spiro atoms. The number of amides is 1. The molecule has 2 aromatic rings. The predicted molar refractivity (Wildman–Crippen MR) is 85.4 cm³/mol. The average Bonchev–Trinajstić information content (AvgIpc) is 2.54. The van der Waals surface area contributed by atoms with Crippen LogP contribution in [0.4, 0.5) is 11.4 Å². The molecule has 0 saturated heterocycles. The number of nitrogens with one attached hydrogen (secondary N) is 1. The number of nitriles is 1. The summed E-state index contributed by atoms with van der Waals surface area (Å²) in [6.07, 6.45) is 0.958. The van der Waals surface area contributed by atoms with Gasteiger partial charge >= 0.3 is 0 Å². The standard InChI is InChI=1S/C17H17N3O2/c18-12-13-3-1-4-16(11-13)22-10-2-5-17(21)20-15-8-6-14(19)7-9-15/h1,3-4,6-9,11H,2,5,10,19H2,(H,20,21). The molecule has 0 unspecified atom stereocenters. The highest BCUT2D eigenvalue weighted by Gasteiger charge is 2.03. The number of ether oxygens (including phenoxy) is 1. The van der Waals surface area contributed by atoms with Crippen LogP contribution in [0.25, 0.3) is 0 Å². The number of nitrogen functional groups attached to an aromatic ring is 1. The van der Waals surface area contributed by atoms with Crippen LogP contribution < -0.4 is 15.8 Å². The Morgan fingerprint density at radius 1 is 1.23 bits per heavy atom. The molecule has 2 rings (SSSR count). The summed E-state index contributed by atoms with van der Waals surface area (Å²) in [5, 5.41) is 11.6. The van der Waals surface area contributed by atoms with Crippen molar-refractivity contribution >= 4 is 17.3 Å². The molecule has 0 atom stereocenters. The van der Waals surface area contributed by atoms with E-state index in [-0.39, 0.29) is 5.91 Å². The first-order valence-corrected chi connectivity index (χ1v) is 6.96. The number of rotatable bonds is 6. The van der Waals surface area contributed by atoms with Crippen LogP contribution in [-0.4, -0.2) is 12.5 Å². The molecule has 5 nitrogen and oxygen atoms in total. The molecule has 0 aromatic heterocycles. The van der Waals surface area contributed by atoms with E-state index < -0.39 is 0 Å². The first-order valence-electron chi connectivity index (χ1n) is 6.96. The van der Waals surface area contributed by atoms with Gasteiger partial charge in [0.2, 0.25) is 5.91 Å². The maximum atomic E-state index is 11.8. The van der Waals surface area contributed by atoms with Gasteiger partial charge in [-0.05, 0) is 48.9 Å². The van der Waals surface area contributed by atoms with Crippen molar-refractivity contribution in [1.29, 1.82) is 5.26 Å². The lowest BCUT2D eigenvalue weighted by molar-refractivity contribution is -0.116. The zero-order valence-electron chi connectivity index (χ0n) is 12.1. The molecule has 0 saturated carbocycles. The van der Waals surface area contributed by atoms with Crippen molar-refractivity contribution in [2.75, 3.05) is 17.7 Å². The fourth-order valence-corrected chi connectivity index (χ4v) is 1.87. The van der Waals surface area contributed by atoms with Gasteiger partial charge in [-0.2, -0.15) is 5.26 Å². The number of nitrogens with two attached hydrogens (primary N) is 1. The van der Waals surface area contributed by atoms with E-state index in [9.17, 15) is 4.79 Å². The molecule has 0 aliphatic heterocycles. The molecule has 0 bridgehead atoms. The Labute approximate surface area is 129 Å². The van der Waals surface area contributed by atoms with Gasteiger partial charge in [0.05, 0.1) is 18.2 Å². The van der Waals surface area contributed by atoms with E-state index in [0.717, 1.165) is 5.69 Å². The number of carbonyl (C=O) groups excluding carboxylic acids is 1. The summed E-state index contributed by atoms with van der Waals surface area (Å²) in [6, 6.07) is 16.0. The maximum absolute atomic E-state index is 11.8. The van der Waals surface area contributed by atoms with Gasteiger partial charge in [0.15, 0.2) is 0 Å². The van der Waals surface area contributed by atoms with Crippen molar-refractivity contribution in [2.24, 2.45) is 0 Å². The first kappa shape index (κ1) is 15.4. The van der Waals surface area contributed by atoms with Crippen LogP contribution in [0.1, 0.15) is 18.4 Å². The third-order valence-corrected chi connectivity index (χ3v) is 2.97. The van der Waals surface area contributed by atoms with Gasteiger partial charge in [0.25, 0.3) is 0 Å². The lowest BCUT2D eigenvalue weighted by Gasteiger charge is -2.07. The zero-order chi connectivity index (χ0) is 15.8. The van der Waals surface area contributed by atoms with Crippen LogP contribution in [-0.2, 0) is 4.79 Å². The van der Waals surface area contributed by atoms with Gasteiger partial charge in [0, 0.05) is 17.8 Å². The zero-order valence-corrected chi connectivity index (χ0v) is 12.1. The molecule has 22 heavy (non-hydrogen) atoms. The Balaban J connectivity index is 1.71.